The molecule has 0 aliphatic heterocycles. The van der Waals surface area contributed by atoms with Gasteiger partial charge in [-0.15, -0.1) is 0 Å². The summed E-state index contributed by atoms with van der Waals surface area (Å²) in [6, 6.07) is 0. The third-order valence-corrected chi connectivity index (χ3v) is 3.10. The minimum Gasteiger partial charge on any atom is -0.465 e. The molecule has 0 saturated carbocycles. The molecule has 0 aromatic carbocycles. The Morgan fingerprint density at radius 1 is 0.773 bits per heavy atom. The second kappa shape index (κ2) is 17.7. The zero-order valence-corrected chi connectivity index (χ0v) is 14.8. The topological polar surface area (TPSA) is 18.5 Å². The molecule has 0 rings (SSSR count). The standard InChI is InChI=1S/C20H34O2/c1-4-7-8-9-10-11-12-13-14-15-16-17-20(21-18-5-2)22-19-6-3/h13-14,17H,4-12,18-19H2,1-3H3/b14-13+. The van der Waals surface area contributed by atoms with Gasteiger partial charge < -0.3 is 9.47 Å². The number of unbranched alkanes of at least 4 members (excludes halogenated alkanes) is 6. The van der Waals surface area contributed by atoms with Crippen LogP contribution >= 0.6 is 0 Å². The van der Waals surface area contributed by atoms with E-state index in [1.54, 1.807) is 6.08 Å². The Morgan fingerprint density at radius 3 is 2.05 bits per heavy atom. The fourth-order valence-electron chi connectivity index (χ4n) is 1.86. The third-order valence-electron chi connectivity index (χ3n) is 3.10. The van der Waals surface area contributed by atoms with E-state index in [1.807, 2.05) is 6.08 Å². The summed E-state index contributed by atoms with van der Waals surface area (Å²) in [6.45, 7) is 7.75. The van der Waals surface area contributed by atoms with Crippen LogP contribution in [0.1, 0.15) is 78.6 Å². The summed E-state index contributed by atoms with van der Waals surface area (Å²) in [5, 5.41) is 0. The highest BCUT2D eigenvalue weighted by Gasteiger charge is 1.96. The fourth-order valence-corrected chi connectivity index (χ4v) is 1.86. The van der Waals surface area contributed by atoms with Gasteiger partial charge in [-0.2, -0.15) is 0 Å². The third kappa shape index (κ3) is 15.0. The van der Waals surface area contributed by atoms with Crippen molar-refractivity contribution in [3.63, 3.8) is 0 Å². The summed E-state index contributed by atoms with van der Waals surface area (Å²) in [4.78, 5) is 0. The lowest BCUT2D eigenvalue weighted by Gasteiger charge is -2.08. The summed E-state index contributed by atoms with van der Waals surface area (Å²) in [5.41, 5.74) is 0. The first-order valence-corrected chi connectivity index (χ1v) is 8.96. The zero-order chi connectivity index (χ0) is 16.3. The maximum Gasteiger partial charge on any atom is 0.287 e. The van der Waals surface area contributed by atoms with E-state index in [-0.39, 0.29) is 0 Å². The van der Waals surface area contributed by atoms with E-state index >= 15 is 0 Å². The Kier molecular flexibility index (Phi) is 16.6. The highest BCUT2D eigenvalue weighted by Crippen LogP contribution is 2.07. The SMILES string of the molecule is CCCCCCCC/C=C/C#CC=C(OCCC)OCCC. The predicted octanol–water partition coefficient (Wildman–Crippen LogP) is 5.99. The van der Waals surface area contributed by atoms with Gasteiger partial charge in [0.2, 0.25) is 0 Å². The van der Waals surface area contributed by atoms with Gasteiger partial charge in [-0.1, -0.05) is 70.8 Å². The van der Waals surface area contributed by atoms with Crippen LogP contribution in [0.3, 0.4) is 0 Å². The Hall–Kier alpha value is -1.36. The summed E-state index contributed by atoms with van der Waals surface area (Å²) in [6.07, 6.45) is 16.9. The normalized spacial score (nSPS) is 10.1. The molecule has 0 atom stereocenters. The molecule has 0 aliphatic carbocycles. The van der Waals surface area contributed by atoms with Gasteiger partial charge in [0.05, 0.1) is 19.3 Å². The van der Waals surface area contributed by atoms with Crippen molar-refractivity contribution in [1.29, 1.82) is 0 Å². The van der Waals surface area contributed by atoms with E-state index in [9.17, 15) is 0 Å². The van der Waals surface area contributed by atoms with Crippen molar-refractivity contribution in [3.8, 4) is 11.8 Å². The van der Waals surface area contributed by atoms with E-state index in [0.29, 0.717) is 19.2 Å². The molecule has 0 fully saturated rings. The van der Waals surface area contributed by atoms with Crippen LogP contribution < -0.4 is 0 Å². The molecule has 2 nitrogen and oxygen atoms in total. The molecule has 0 amide bonds. The Balaban J connectivity index is 3.87. The van der Waals surface area contributed by atoms with Crippen molar-refractivity contribution in [3.05, 3.63) is 24.2 Å². The van der Waals surface area contributed by atoms with Gasteiger partial charge in [0.25, 0.3) is 5.95 Å². The van der Waals surface area contributed by atoms with E-state index in [1.165, 1.54) is 38.5 Å². The number of ether oxygens (including phenoxy) is 2. The maximum atomic E-state index is 5.50. The minimum atomic E-state index is 0.542. The lowest BCUT2D eigenvalue weighted by atomic mass is 10.1. The largest absolute Gasteiger partial charge is 0.465 e. The number of hydrogen-bond acceptors (Lipinski definition) is 2. The number of allylic oxidation sites excluding steroid dienone is 3. The minimum absolute atomic E-state index is 0.542. The average Bonchev–Trinajstić information content (AvgIpc) is 2.54. The number of rotatable bonds is 13. The van der Waals surface area contributed by atoms with Crippen molar-refractivity contribution >= 4 is 0 Å². The highest BCUT2D eigenvalue weighted by molar-refractivity contribution is 5.23. The van der Waals surface area contributed by atoms with Crippen molar-refractivity contribution in [2.75, 3.05) is 13.2 Å². The Labute approximate surface area is 138 Å². The van der Waals surface area contributed by atoms with Gasteiger partial charge in [0, 0.05) is 0 Å². The van der Waals surface area contributed by atoms with Crippen molar-refractivity contribution < 1.29 is 9.47 Å². The Bertz CT molecular complexity index is 334. The molecule has 0 N–H and O–H groups in total. The van der Waals surface area contributed by atoms with E-state index < -0.39 is 0 Å². The molecule has 126 valence electrons. The summed E-state index contributed by atoms with van der Waals surface area (Å²) in [7, 11) is 0. The van der Waals surface area contributed by atoms with Crippen molar-refractivity contribution in [2.24, 2.45) is 0 Å². The van der Waals surface area contributed by atoms with Gasteiger partial charge in [0.15, 0.2) is 0 Å². The molecular weight excluding hydrogens is 272 g/mol. The summed E-state index contributed by atoms with van der Waals surface area (Å²) in [5.74, 6) is 6.53. The summed E-state index contributed by atoms with van der Waals surface area (Å²) < 4.78 is 11.0. The first-order valence-electron chi connectivity index (χ1n) is 8.96. The smallest absolute Gasteiger partial charge is 0.287 e. The van der Waals surface area contributed by atoms with Crippen LogP contribution in [-0.4, -0.2) is 13.2 Å². The van der Waals surface area contributed by atoms with Crippen LogP contribution in [0, 0.1) is 11.8 Å². The van der Waals surface area contributed by atoms with Crippen LogP contribution in [-0.2, 0) is 9.47 Å². The predicted molar refractivity (Wildman–Crippen MR) is 95.5 cm³/mol. The molecule has 0 radical (unpaired) electrons. The first-order chi connectivity index (χ1) is 10.8. The van der Waals surface area contributed by atoms with Crippen LogP contribution in [0.2, 0.25) is 0 Å². The van der Waals surface area contributed by atoms with Gasteiger partial charge in [0.1, 0.15) is 0 Å². The highest BCUT2D eigenvalue weighted by atomic mass is 16.7. The van der Waals surface area contributed by atoms with Crippen LogP contribution in [0.5, 0.6) is 0 Å². The summed E-state index contributed by atoms with van der Waals surface area (Å²) >= 11 is 0. The molecule has 0 bridgehead atoms. The molecule has 0 heterocycles. The fraction of sp³-hybridized carbons (Fsp3) is 0.700. The Morgan fingerprint density at radius 2 is 1.41 bits per heavy atom. The van der Waals surface area contributed by atoms with E-state index in [0.717, 1.165) is 19.3 Å². The van der Waals surface area contributed by atoms with Crippen LogP contribution in [0.15, 0.2) is 24.2 Å². The lowest BCUT2D eigenvalue weighted by Crippen LogP contribution is -1.99. The molecule has 0 saturated heterocycles. The molecule has 0 aromatic rings. The average molecular weight is 306 g/mol. The van der Waals surface area contributed by atoms with Crippen molar-refractivity contribution in [1.82, 2.24) is 0 Å². The molecule has 0 aliphatic rings. The van der Waals surface area contributed by atoms with Crippen molar-refractivity contribution in [2.45, 2.75) is 78.6 Å². The van der Waals surface area contributed by atoms with Crippen LogP contribution in [0.25, 0.3) is 0 Å². The van der Waals surface area contributed by atoms with Crippen LogP contribution in [0.4, 0.5) is 0 Å². The lowest BCUT2D eigenvalue weighted by molar-refractivity contribution is 0.0361. The number of hydrogen-bond donors (Lipinski definition) is 0. The molecule has 0 spiro atoms. The van der Waals surface area contributed by atoms with Gasteiger partial charge in [-0.05, 0) is 31.8 Å². The second-order valence-electron chi connectivity index (χ2n) is 5.41. The van der Waals surface area contributed by atoms with Gasteiger partial charge in [-0.25, -0.2) is 0 Å². The molecular formula is C20H34O2. The van der Waals surface area contributed by atoms with Gasteiger partial charge >= 0.3 is 0 Å². The molecule has 0 aromatic heterocycles. The molecule has 0 unspecified atom stereocenters. The molecule has 2 heteroatoms. The first kappa shape index (κ1) is 20.6. The van der Waals surface area contributed by atoms with Gasteiger partial charge in [-0.3, -0.25) is 0 Å². The maximum absolute atomic E-state index is 5.50. The van der Waals surface area contributed by atoms with E-state index in [2.05, 4.69) is 38.7 Å². The van der Waals surface area contributed by atoms with E-state index in [4.69, 9.17) is 9.47 Å². The quantitative estimate of drug-likeness (QED) is 0.236. The monoisotopic (exact) mass is 306 g/mol. The second-order valence-corrected chi connectivity index (χ2v) is 5.41. The molecule has 22 heavy (non-hydrogen) atoms. The zero-order valence-electron chi connectivity index (χ0n) is 14.8.